The molecule has 0 aliphatic carbocycles. The minimum atomic E-state index is 0. The molecule has 0 aliphatic heterocycles. The van der Waals surface area contributed by atoms with Gasteiger partial charge in [-0.15, -0.1) is 0 Å². The van der Waals surface area contributed by atoms with E-state index in [0.29, 0.717) is 5.56 Å². The van der Waals surface area contributed by atoms with Crippen molar-refractivity contribution in [3.63, 3.8) is 0 Å². The van der Waals surface area contributed by atoms with E-state index in [4.69, 9.17) is 4.98 Å². The number of aromatic hydroxyl groups is 1. The average Bonchev–Trinajstić information content (AvgIpc) is 2.74. The third-order valence-electron chi connectivity index (χ3n) is 4.67. The maximum absolute atomic E-state index is 10.3. The Hall–Kier alpha value is -1.74. The average molecular weight is 483 g/mol. The molecule has 1 N–H and O–H groups in total. The maximum atomic E-state index is 10.3. The molecular formula is C23H16CsN3O. The SMILES string of the molecule is Oc1ccc(-c2ccc3ccc4cccnc4c3n2)cc1-c1ccccn1.[CsH]. The van der Waals surface area contributed by atoms with Crippen LogP contribution in [0, 0.1) is 0 Å². The minimum absolute atomic E-state index is 0. The fraction of sp³-hybridized carbons (Fsp3) is 0. The van der Waals surface area contributed by atoms with Gasteiger partial charge in [0.05, 0.1) is 22.4 Å². The summed E-state index contributed by atoms with van der Waals surface area (Å²) >= 11 is 0. The molecule has 130 valence electrons. The number of hydrogen-bond acceptors (Lipinski definition) is 4. The summed E-state index contributed by atoms with van der Waals surface area (Å²) in [6.45, 7) is 0. The van der Waals surface area contributed by atoms with Gasteiger partial charge >= 0.3 is 68.9 Å². The van der Waals surface area contributed by atoms with Crippen LogP contribution in [0.5, 0.6) is 5.75 Å². The van der Waals surface area contributed by atoms with Crippen molar-refractivity contribution < 1.29 is 5.11 Å². The van der Waals surface area contributed by atoms with Gasteiger partial charge in [-0.25, -0.2) is 4.98 Å². The van der Waals surface area contributed by atoms with Crippen LogP contribution in [0.4, 0.5) is 0 Å². The van der Waals surface area contributed by atoms with E-state index in [9.17, 15) is 5.11 Å². The number of rotatable bonds is 2. The molecule has 5 heteroatoms. The Morgan fingerprint density at radius 1 is 0.643 bits per heavy atom. The molecule has 0 spiro atoms. The zero-order valence-corrected chi connectivity index (χ0v) is 14.4. The molecule has 4 nitrogen and oxygen atoms in total. The predicted molar refractivity (Wildman–Crippen MR) is 115 cm³/mol. The van der Waals surface area contributed by atoms with Gasteiger partial charge < -0.3 is 5.11 Å². The molecular weight excluding hydrogens is 467 g/mol. The van der Waals surface area contributed by atoms with Crippen molar-refractivity contribution in [2.24, 2.45) is 0 Å². The third kappa shape index (κ3) is 3.62. The predicted octanol–water partition coefficient (Wildman–Crippen LogP) is 4.57. The van der Waals surface area contributed by atoms with Crippen LogP contribution in [0.3, 0.4) is 0 Å². The van der Waals surface area contributed by atoms with Crippen LogP contribution in [0.25, 0.3) is 44.3 Å². The van der Waals surface area contributed by atoms with Gasteiger partial charge in [-0.1, -0.05) is 30.3 Å². The Morgan fingerprint density at radius 2 is 1.43 bits per heavy atom. The molecule has 5 rings (SSSR count). The summed E-state index contributed by atoms with van der Waals surface area (Å²) in [5, 5.41) is 12.4. The Labute approximate surface area is 221 Å². The zero-order chi connectivity index (χ0) is 18.2. The van der Waals surface area contributed by atoms with Crippen molar-refractivity contribution in [1.82, 2.24) is 15.0 Å². The van der Waals surface area contributed by atoms with E-state index in [2.05, 4.69) is 28.2 Å². The number of nitrogens with zero attached hydrogens (tertiary/aromatic N) is 3. The molecule has 0 saturated carbocycles. The van der Waals surface area contributed by atoms with Crippen molar-refractivity contribution in [3.8, 4) is 28.3 Å². The number of phenols is 1. The zero-order valence-electron chi connectivity index (χ0n) is 14.4. The normalized spacial score (nSPS) is 10.7. The van der Waals surface area contributed by atoms with Crippen molar-refractivity contribution in [2.75, 3.05) is 0 Å². The Balaban J connectivity index is 0.00000192. The first kappa shape index (κ1) is 19.6. The molecule has 0 amide bonds. The molecule has 0 bridgehead atoms. The molecule has 0 atom stereocenters. The van der Waals surface area contributed by atoms with Crippen molar-refractivity contribution in [1.29, 1.82) is 0 Å². The fourth-order valence-corrected chi connectivity index (χ4v) is 3.31. The number of hydrogen-bond donors (Lipinski definition) is 1. The van der Waals surface area contributed by atoms with Crippen molar-refractivity contribution >= 4 is 90.7 Å². The third-order valence-corrected chi connectivity index (χ3v) is 4.67. The van der Waals surface area contributed by atoms with Gasteiger partial charge in [0.2, 0.25) is 0 Å². The number of pyridine rings is 3. The standard InChI is InChI=1S/C23H15N3O.Cs.H/c27-21-11-9-17(14-18(21)20-5-1-2-12-24-20)19-10-8-16-7-6-15-4-3-13-25-22(15)23(16)26-19;;/h1-14,27H;;. The molecule has 0 aliphatic rings. The van der Waals surface area contributed by atoms with E-state index in [1.54, 1.807) is 18.5 Å². The van der Waals surface area contributed by atoms with Crippen LogP contribution in [0.2, 0.25) is 0 Å². The summed E-state index contributed by atoms with van der Waals surface area (Å²) in [4.78, 5) is 13.7. The Kier molecular flexibility index (Phi) is 5.82. The topological polar surface area (TPSA) is 58.9 Å². The van der Waals surface area contributed by atoms with Crippen molar-refractivity contribution in [3.05, 3.63) is 85.2 Å². The molecule has 0 fully saturated rings. The molecule has 0 saturated heterocycles. The number of fused-ring (bicyclic) bond motifs is 3. The molecule has 0 unspecified atom stereocenters. The second-order valence-electron chi connectivity index (χ2n) is 6.36. The first-order valence-electron chi connectivity index (χ1n) is 8.69. The van der Waals surface area contributed by atoms with E-state index >= 15 is 0 Å². The summed E-state index contributed by atoms with van der Waals surface area (Å²) in [5.74, 6) is 0.199. The van der Waals surface area contributed by atoms with E-state index in [1.807, 2.05) is 48.5 Å². The van der Waals surface area contributed by atoms with E-state index in [-0.39, 0.29) is 74.6 Å². The van der Waals surface area contributed by atoms with Gasteiger partial charge in [-0.2, -0.15) is 0 Å². The number of aromatic nitrogens is 3. The van der Waals surface area contributed by atoms with Gasteiger partial charge in [0, 0.05) is 34.3 Å². The summed E-state index contributed by atoms with van der Waals surface area (Å²) in [6.07, 6.45) is 3.50. The summed E-state index contributed by atoms with van der Waals surface area (Å²) in [6, 6.07) is 23.2. The number of benzene rings is 2. The quantitative estimate of drug-likeness (QED) is 0.374. The van der Waals surface area contributed by atoms with Crippen LogP contribution in [0.15, 0.2) is 85.2 Å². The fourth-order valence-electron chi connectivity index (χ4n) is 3.31. The van der Waals surface area contributed by atoms with Crippen LogP contribution in [0.1, 0.15) is 0 Å². The molecule has 2 aromatic carbocycles. The summed E-state index contributed by atoms with van der Waals surface area (Å²) in [5.41, 5.74) is 4.93. The first-order valence-corrected chi connectivity index (χ1v) is 8.69. The summed E-state index contributed by atoms with van der Waals surface area (Å²) in [7, 11) is 0. The van der Waals surface area contributed by atoms with E-state index in [1.165, 1.54) is 0 Å². The van der Waals surface area contributed by atoms with Gasteiger partial charge in [-0.05, 0) is 42.5 Å². The second-order valence-corrected chi connectivity index (χ2v) is 6.36. The van der Waals surface area contributed by atoms with Gasteiger partial charge in [0.1, 0.15) is 5.75 Å². The van der Waals surface area contributed by atoms with Crippen LogP contribution >= 0.6 is 0 Å². The molecule has 5 aromatic rings. The summed E-state index contributed by atoms with van der Waals surface area (Å²) < 4.78 is 0. The molecule has 3 aromatic heterocycles. The molecule has 28 heavy (non-hydrogen) atoms. The number of phenolic OH excluding ortho intramolecular Hbond substituents is 1. The second kappa shape index (κ2) is 8.33. The van der Waals surface area contributed by atoms with Gasteiger partial charge in [0.15, 0.2) is 0 Å². The van der Waals surface area contributed by atoms with Crippen LogP contribution in [-0.4, -0.2) is 89.0 Å². The van der Waals surface area contributed by atoms with Gasteiger partial charge in [-0.3, -0.25) is 9.97 Å². The van der Waals surface area contributed by atoms with Crippen LogP contribution in [-0.2, 0) is 0 Å². The molecule has 3 heterocycles. The van der Waals surface area contributed by atoms with Crippen LogP contribution < -0.4 is 0 Å². The first-order chi connectivity index (χ1) is 13.3. The monoisotopic (exact) mass is 483 g/mol. The molecule has 0 radical (unpaired) electrons. The van der Waals surface area contributed by atoms with Gasteiger partial charge in [0.25, 0.3) is 0 Å². The van der Waals surface area contributed by atoms with E-state index < -0.39 is 0 Å². The Bertz CT molecular complexity index is 1290. The Morgan fingerprint density at radius 3 is 2.25 bits per heavy atom. The van der Waals surface area contributed by atoms with Crippen molar-refractivity contribution in [2.45, 2.75) is 0 Å². The van der Waals surface area contributed by atoms with E-state index in [0.717, 1.165) is 38.8 Å².